The number of hydrogen-bond donors (Lipinski definition) is 0. The van der Waals surface area contributed by atoms with Gasteiger partial charge in [0.1, 0.15) is 0 Å². The third kappa shape index (κ3) is 4.01. The number of carbonyl (C=O) groups excluding carboxylic acids is 1. The number of benzene rings is 3. The van der Waals surface area contributed by atoms with Gasteiger partial charge in [0.2, 0.25) is 0 Å². The fourth-order valence-corrected chi connectivity index (χ4v) is 8.84. The van der Waals surface area contributed by atoms with Crippen LogP contribution in [0.2, 0.25) is 0 Å². The van der Waals surface area contributed by atoms with E-state index in [1.54, 1.807) is 0 Å². The zero-order valence-electron chi connectivity index (χ0n) is 15.6. The first-order valence-electron chi connectivity index (χ1n) is 8.66. The number of carbonyl (C=O) groups is 1. The molecule has 0 spiro atoms. The fraction of sp³-hybridized carbons (Fsp3) is 0.174. The number of rotatable bonds is 3. The maximum absolute atomic E-state index is 12.9. The summed E-state index contributed by atoms with van der Waals surface area (Å²) in [6, 6.07) is 22.2. The van der Waals surface area contributed by atoms with Crippen molar-refractivity contribution in [3.05, 3.63) is 94.5 Å². The van der Waals surface area contributed by atoms with E-state index in [9.17, 15) is 4.79 Å². The Bertz CT molecular complexity index is 967. The van der Waals surface area contributed by atoms with Crippen LogP contribution in [-0.2, 0) is 0 Å². The summed E-state index contributed by atoms with van der Waals surface area (Å²) in [5.41, 5.74) is 5.61. The van der Waals surface area contributed by atoms with Crippen LogP contribution in [0.4, 0.5) is 0 Å². The minimum absolute atomic E-state index is 0.107. The van der Waals surface area contributed by atoms with E-state index >= 15 is 0 Å². The standard InChI is InChI=1S/C23H23NOTe/c1-16-14-18(3)22(19(4)15-16)26(21-13-9-8-10-17(21)2)24-23(25)20-11-6-5-7-12-20/h5-15H,1-4H3. The van der Waals surface area contributed by atoms with Crippen LogP contribution in [0.1, 0.15) is 32.6 Å². The summed E-state index contributed by atoms with van der Waals surface area (Å²) in [6.07, 6.45) is 0. The molecule has 0 bridgehead atoms. The molecule has 0 aliphatic heterocycles. The van der Waals surface area contributed by atoms with Crippen LogP contribution < -0.4 is 7.22 Å². The fourth-order valence-electron chi connectivity index (χ4n) is 3.17. The summed E-state index contributed by atoms with van der Waals surface area (Å²) in [4.78, 5) is 12.9. The van der Waals surface area contributed by atoms with Crippen LogP contribution in [0.25, 0.3) is 0 Å². The van der Waals surface area contributed by atoms with Crippen molar-refractivity contribution in [3.8, 4) is 0 Å². The molecule has 3 aromatic carbocycles. The van der Waals surface area contributed by atoms with Crippen molar-refractivity contribution in [2.45, 2.75) is 27.7 Å². The first-order chi connectivity index (χ1) is 12.5. The molecule has 0 saturated carbocycles. The van der Waals surface area contributed by atoms with Gasteiger partial charge in [-0.05, 0) is 0 Å². The second kappa shape index (κ2) is 8.08. The zero-order chi connectivity index (χ0) is 18.7. The Morgan fingerprint density at radius 3 is 1.96 bits per heavy atom. The quantitative estimate of drug-likeness (QED) is 0.545. The molecule has 0 aliphatic carbocycles. The van der Waals surface area contributed by atoms with E-state index in [-0.39, 0.29) is 5.91 Å². The van der Waals surface area contributed by atoms with Crippen LogP contribution in [0.5, 0.6) is 0 Å². The summed E-state index contributed by atoms with van der Waals surface area (Å²) in [5.74, 6) is -0.107. The average Bonchev–Trinajstić information content (AvgIpc) is 2.61. The molecule has 0 fully saturated rings. The SMILES string of the molecule is Cc1cc(C)c([Te](=NC(=O)c2ccccc2)c2ccccc2C)c(C)c1. The number of hydrogen-bond acceptors (Lipinski definition) is 1. The molecule has 132 valence electrons. The maximum atomic E-state index is 12.9. The van der Waals surface area contributed by atoms with Gasteiger partial charge < -0.3 is 0 Å². The van der Waals surface area contributed by atoms with Crippen molar-refractivity contribution >= 4 is 32.5 Å². The van der Waals surface area contributed by atoms with Gasteiger partial charge in [-0.1, -0.05) is 0 Å². The Labute approximate surface area is 162 Å². The third-order valence-electron chi connectivity index (χ3n) is 4.29. The molecule has 0 unspecified atom stereocenters. The Balaban J connectivity index is 2.23. The van der Waals surface area contributed by atoms with Gasteiger partial charge in [0.15, 0.2) is 0 Å². The van der Waals surface area contributed by atoms with Crippen LogP contribution in [0.15, 0.2) is 69.9 Å². The van der Waals surface area contributed by atoms with Gasteiger partial charge in [0.25, 0.3) is 0 Å². The second-order valence-corrected chi connectivity index (χ2v) is 11.1. The summed E-state index contributed by atoms with van der Waals surface area (Å²) >= 11 is -2.43. The Hall–Kier alpha value is -2.08. The molecular weight excluding hydrogens is 434 g/mol. The van der Waals surface area contributed by atoms with E-state index in [0.717, 1.165) is 0 Å². The first-order valence-corrected chi connectivity index (χ1v) is 12.0. The molecule has 0 heterocycles. The Morgan fingerprint density at radius 1 is 0.769 bits per heavy atom. The molecule has 0 saturated heterocycles. The first kappa shape index (κ1) is 18.7. The monoisotopic (exact) mass is 459 g/mol. The van der Waals surface area contributed by atoms with Gasteiger partial charge in [0, 0.05) is 0 Å². The van der Waals surface area contributed by atoms with E-state index < -0.39 is 19.4 Å². The molecule has 3 heteroatoms. The summed E-state index contributed by atoms with van der Waals surface area (Å²) in [7, 11) is 0. The van der Waals surface area contributed by atoms with Crippen LogP contribution >= 0.6 is 0 Å². The van der Waals surface area contributed by atoms with Crippen molar-refractivity contribution in [1.82, 2.24) is 0 Å². The molecule has 0 aliphatic rings. The molecule has 3 rings (SSSR count). The van der Waals surface area contributed by atoms with Crippen molar-refractivity contribution in [2.24, 2.45) is 3.18 Å². The van der Waals surface area contributed by atoms with Gasteiger partial charge >= 0.3 is 163 Å². The molecule has 0 N–H and O–H groups in total. The zero-order valence-corrected chi connectivity index (χ0v) is 17.9. The van der Waals surface area contributed by atoms with Gasteiger partial charge in [-0.15, -0.1) is 0 Å². The van der Waals surface area contributed by atoms with Crippen molar-refractivity contribution in [1.29, 1.82) is 0 Å². The molecule has 1 amide bonds. The van der Waals surface area contributed by atoms with E-state index in [1.807, 2.05) is 36.4 Å². The Kier molecular flexibility index (Phi) is 5.81. The van der Waals surface area contributed by atoms with Crippen molar-refractivity contribution in [3.63, 3.8) is 0 Å². The molecule has 0 radical (unpaired) electrons. The van der Waals surface area contributed by atoms with E-state index in [0.29, 0.717) is 5.56 Å². The van der Waals surface area contributed by atoms with Crippen LogP contribution in [-0.4, -0.2) is 25.3 Å². The number of aryl methyl sites for hydroxylation is 4. The van der Waals surface area contributed by atoms with Crippen molar-refractivity contribution in [2.75, 3.05) is 0 Å². The van der Waals surface area contributed by atoms with E-state index in [2.05, 4.69) is 58.0 Å². The third-order valence-corrected chi connectivity index (χ3v) is 10.7. The average molecular weight is 457 g/mol. The van der Waals surface area contributed by atoms with Crippen molar-refractivity contribution < 1.29 is 4.79 Å². The molecule has 26 heavy (non-hydrogen) atoms. The van der Waals surface area contributed by atoms with Crippen LogP contribution in [0, 0.1) is 27.7 Å². The second-order valence-electron chi connectivity index (χ2n) is 6.54. The summed E-state index contributed by atoms with van der Waals surface area (Å²) < 4.78 is 7.37. The predicted molar refractivity (Wildman–Crippen MR) is 110 cm³/mol. The van der Waals surface area contributed by atoms with Gasteiger partial charge in [0.05, 0.1) is 0 Å². The minimum atomic E-state index is -2.43. The van der Waals surface area contributed by atoms with E-state index in [1.165, 1.54) is 29.5 Å². The Morgan fingerprint density at radius 2 is 1.35 bits per heavy atom. The topological polar surface area (TPSA) is 29.4 Å². The van der Waals surface area contributed by atoms with Gasteiger partial charge in [-0.25, -0.2) is 0 Å². The number of amides is 1. The normalized spacial score (nSPS) is 12.2. The molecular formula is C23H23NOTe. The molecule has 0 atom stereocenters. The van der Waals surface area contributed by atoms with E-state index in [4.69, 9.17) is 3.18 Å². The van der Waals surface area contributed by atoms with Gasteiger partial charge in [-0.3, -0.25) is 0 Å². The molecule has 0 aromatic heterocycles. The summed E-state index contributed by atoms with van der Waals surface area (Å²) in [6.45, 7) is 8.52. The predicted octanol–water partition coefficient (Wildman–Crippen LogP) is 4.13. The molecule has 2 nitrogen and oxygen atoms in total. The van der Waals surface area contributed by atoms with Gasteiger partial charge in [-0.2, -0.15) is 0 Å². The summed E-state index contributed by atoms with van der Waals surface area (Å²) in [5, 5.41) is 0. The molecule has 3 aromatic rings. The number of nitrogens with zero attached hydrogens (tertiary/aromatic N) is 1. The van der Waals surface area contributed by atoms with Crippen LogP contribution in [0.3, 0.4) is 0 Å².